The number of likely N-dealkylation sites (N-methyl/N-ethyl adjacent to an activating group) is 1. The quantitative estimate of drug-likeness (QED) is 0.495. The highest BCUT2D eigenvalue weighted by Crippen LogP contribution is 2.42. The molecule has 4 atom stereocenters. The van der Waals surface area contributed by atoms with Crippen LogP contribution < -0.4 is 4.90 Å². The number of likely N-dealkylation sites (tertiary alicyclic amines) is 1. The zero-order valence-corrected chi connectivity index (χ0v) is 12.4. The van der Waals surface area contributed by atoms with Gasteiger partial charge in [0.15, 0.2) is 13.1 Å². The van der Waals surface area contributed by atoms with Gasteiger partial charge in [0, 0.05) is 22.3 Å². The molecule has 1 fully saturated rings. The number of nitrogens with zero attached hydrogens (tertiary/aromatic N) is 2. The molecule has 0 saturated carbocycles. The van der Waals surface area contributed by atoms with E-state index in [-0.39, 0.29) is 19.5 Å². The van der Waals surface area contributed by atoms with E-state index in [1.54, 1.807) is 6.92 Å². The lowest BCUT2D eigenvalue weighted by atomic mass is 9.61. The number of hydrogen-bond donors (Lipinski definition) is 1. The molecule has 1 aliphatic heterocycles. The van der Waals surface area contributed by atoms with E-state index in [2.05, 4.69) is 0 Å². The molecule has 1 unspecified atom stereocenters. The molecule has 0 aromatic carbocycles. The van der Waals surface area contributed by atoms with Crippen LogP contribution in [0.4, 0.5) is 0 Å². The van der Waals surface area contributed by atoms with E-state index in [0.29, 0.717) is 11.4 Å². The smallest absolute Gasteiger partial charge is 0.322 e. The molecular weight excluding hydrogens is 294 g/mol. The zero-order valence-electron chi connectivity index (χ0n) is 12.4. The number of nitrogens with one attached hydrogen (secondary N) is 1. The number of rotatable bonds is 5. The predicted octanol–water partition coefficient (Wildman–Crippen LogP) is -1.33. The summed E-state index contributed by atoms with van der Waals surface area (Å²) in [5.74, 6) is -2.41. The van der Waals surface area contributed by atoms with Gasteiger partial charge in [-0.3, -0.25) is 25.0 Å². The number of quaternary nitrogens is 1. The molecule has 2 bridgehead atoms. The summed E-state index contributed by atoms with van der Waals surface area (Å²) in [5.41, 5.74) is -3.85. The van der Waals surface area contributed by atoms with Crippen molar-refractivity contribution in [2.24, 2.45) is 5.92 Å². The summed E-state index contributed by atoms with van der Waals surface area (Å²) in [6, 6.07) is 0. The molecule has 9 heteroatoms. The van der Waals surface area contributed by atoms with E-state index in [0.717, 1.165) is 12.2 Å². The van der Waals surface area contributed by atoms with Crippen LogP contribution in [0.15, 0.2) is 12.2 Å². The van der Waals surface area contributed by atoms with Crippen LogP contribution in [0.3, 0.4) is 0 Å². The Morgan fingerprint density at radius 3 is 2.45 bits per heavy atom. The van der Waals surface area contributed by atoms with Crippen LogP contribution in [0, 0.1) is 26.1 Å². The monoisotopic (exact) mass is 312 g/mol. The van der Waals surface area contributed by atoms with E-state index in [1.165, 1.54) is 6.92 Å². The van der Waals surface area contributed by atoms with E-state index < -0.39 is 38.4 Å². The first-order valence-electron chi connectivity index (χ1n) is 7.06. The Labute approximate surface area is 126 Å². The summed E-state index contributed by atoms with van der Waals surface area (Å²) in [4.78, 5) is 46.6. The van der Waals surface area contributed by atoms with E-state index in [1.807, 2.05) is 0 Å². The molecule has 1 saturated heterocycles. The first-order chi connectivity index (χ1) is 10.2. The number of carbonyl (C=O) groups excluding carboxylic acids is 2. The Hall–Kier alpha value is -2.16. The molecule has 22 heavy (non-hydrogen) atoms. The summed E-state index contributed by atoms with van der Waals surface area (Å²) < 4.78 is 0. The molecule has 2 aliphatic rings. The molecule has 0 aromatic heterocycles. The molecule has 1 N–H and O–H groups in total. The van der Waals surface area contributed by atoms with Crippen molar-refractivity contribution in [3.8, 4) is 0 Å². The van der Waals surface area contributed by atoms with Crippen molar-refractivity contribution in [2.45, 2.75) is 31.3 Å². The van der Waals surface area contributed by atoms with Crippen molar-refractivity contribution in [2.75, 3.05) is 19.6 Å². The number of carbonyl (C=O) groups is 2. The van der Waals surface area contributed by atoms with Gasteiger partial charge < -0.3 is 9.69 Å². The number of Topliss-reactive ketones (excluding diaryl/α,β-unsaturated/α-hetero) is 1. The van der Waals surface area contributed by atoms with E-state index >= 15 is 0 Å². The third-order valence-electron chi connectivity index (χ3n) is 4.84. The van der Waals surface area contributed by atoms with Crippen molar-refractivity contribution >= 4 is 11.6 Å². The van der Waals surface area contributed by atoms with Crippen LogP contribution in [-0.2, 0) is 9.59 Å². The normalized spacial score (nSPS) is 36.9. The SMILES string of the molecule is CC[NH+]1C[C@]2([N+](=O)[O-])C=CC(=O)[C@]([N+](=O)[O-])(C1)[C@H]2CC(C)=O. The Bertz CT molecular complexity index is 588. The molecule has 120 valence electrons. The van der Waals surface area contributed by atoms with Gasteiger partial charge in [0.05, 0.1) is 6.54 Å². The largest absolute Gasteiger partial charge is 0.340 e. The fourth-order valence-electron chi connectivity index (χ4n) is 3.72. The van der Waals surface area contributed by atoms with Crippen molar-refractivity contribution in [3.05, 3.63) is 32.4 Å². The molecular formula is C13H18N3O6+. The lowest BCUT2D eigenvalue weighted by Crippen LogP contribution is -3.19. The third-order valence-corrected chi connectivity index (χ3v) is 4.84. The molecule has 2 rings (SSSR count). The molecule has 1 heterocycles. The summed E-state index contributed by atoms with van der Waals surface area (Å²) in [7, 11) is 0. The maximum absolute atomic E-state index is 12.3. The molecule has 1 aliphatic carbocycles. The highest BCUT2D eigenvalue weighted by atomic mass is 16.6. The van der Waals surface area contributed by atoms with Crippen LogP contribution in [0.2, 0.25) is 0 Å². The minimum absolute atomic E-state index is 0.0355. The van der Waals surface area contributed by atoms with Crippen LogP contribution in [0.25, 0.3) is 0 Å². The fourth-order valence-corrected chi connectivity index (χ4v) is 3.72. The molecule has 0 spiro atoms. The topological polar surface area (TPSA) is 125 Å². The van der Waals surface area contributed by atoms with Gasteiger partial charge in [0.2, 0.25) is 5.78 Å². The summed E-state index contributed by atoms with van der Waals surface area (Å²) in [5, 5.41) is 23.4. The molecule has 0 amide bonds. The van der Waals surface area contributed by atoms with Crippen molar-refractivity contribution in [1.82, 2.24) is 0 Å². The van der Waals surface area contributed by atoms with Crippen molar-refractivity contribution in [1.29, 1.82) is 0 Å². The molecule has 9 nitrogen and oxygen atoms in total. The molecule has 0 aromatic rings. The van der Waals surface area contributed by atoms with Gasteiger partial charge in [-0.15, -0.1) is 0 Å². The average Bonchev–Trinajstić information content (AvgIpc) is 2.42. The van der Waals surface area contributed by atoms with Crippen LogP contribution >= 0.6 is 0 Å². The lowest BCUT2D eigenvalue weighted by molar-refractivity contribution is -0.942. The highest BCUT2D eigenvalue weighted by Gasteiger charge is 2.76. The molecule has 0 radical (unpaired) electrons. The van der Waals surface area contributed by atoms with Crippen LogP contribution in [0.1, 0.15) is 20.3 Å². The lowest BCUT2D eigenvalue weighted by Gasteiger charge is -2.45. The number of fused-ring (bicyclic) bond motifs is 2. The Morgan fingerprint density at radius 1 is 1.36 bits per heavy atom. The van der Waals surface area contributed by atoms with Gasteiger partial charge >= 0.3 is 5.54 Å². The summed E-state index contributed by atoms with van der Waals surface area (Å²) >= 11 is 0. The van der Waals surface area contributed by atoms with E-state index in [4.69, 9.17) is 0 Å². The third kappa shape index (κ3) is 2.04. The van der Waals surface area contributed by atoms with E-state index in [9.17, 15) is 29.8 Å². The second-order valence-corrected chi connectivity index (χ2v) is 6.04. The minimum Gasteiger partial charge on any atom is -0.322 e. The number of piperidine rings is 1. The van der Waals surface area contributed by atoms with Crippen LogP contribution in [0.5, 0.6) is 0 Å². The van der Waals surface area contributed by atoms with Crippen molar-refractivity contribution < 1.29 is 24.3 Å². The number of ketones is 2. The first kappa shape index (κ1) is 16.2. The Balaban J connectivity index is 2.71. The van der Waals surface area contributed by atoms with Gasteiger partial charge in [-0.05, 0) is 19.9 Å². The maximum atomic E-state index is 12.3. The maximum Gasteiger partial charge on any atom is 0.340 e. The second-order valence-electron chi connectivity index (χ2n) is 6.04. The van der Waals surface area contributed by atoms with Gasteiger partial charge in [0.1, 0.15) is 11.7 Å². The number of nitro groups is 2. The Morgan fingerprint density at radius 2 is 2.00 bits per heavy atom. The first-order valence-corrected chi connectivity index (χ1v) is 7.06. The Kier molecular flexibility index (Phi) is 3.86. The predicted molar refractivity (Wildman–Crippen MR) is 73.6 cm³/mol. The summed E-state index contributed by atoms with van der Waals surface area (Å²) in [6.45, 7) is 3.32. The number of hydrogen-bond acceptors (Lipinski definition) is 6. The summed E-state index contributed by atoms with van der Waals surface area (Å²) in [6.07, 6.45) is 1.75. The van der Waals surface area contributed by atoms with Gasteiger partial charge in [0.25, 0.3) is 5.54 Å². The fraction of sp³-hybridized carbons (Fsp3) is 0.692. The average molecular weight is 312 g/mol. The minimum atomic E-state index is -2.10. The highest BCUT2D eigenvalue weighted by molar-refractivity contribution is 5.99. The van der Waals surface area contributed by atoms with Crippen molar-refractivity contribution in [3.63, 3.8) is 0 Å². The van der Waals surface area contributed by atoms with Gasteiger partial charge in [-0.1, -0.05) is 0 Å². The van der Waals surface area contributed by atoms with Gasteiger partial charge in [-0.2, -0.15) is 0 Å². The standard InChI is InChI=1S/C13H17N3O6/c1-3-14-7-12(15(19)20)5-4-11(18)13(8-14,16(21)22)10(12)6-9(2)17/h4-5,10H,3,6-8H2,1-2H3/p+1/t10-,12+,13-/m0/s1. The van der Waals surface area contributed by atoms with Gasteiger partial charge in [-0.25, -0.2) is 0 Å². The second kappa shape index (κ2) is 5.24. The van der Waals surface area contributed by atoms with Crippen LogP contribution in [-0.4, -0.2) is 52.1 Å². The zero-order chi connectivity index (χ0) is 16.7.